The van der Waals surface area contributed by atoms with Gasteiger partial charge in [-0.3, -0.25) is 4.79 Å². The van der Waals surface area contributed by atoms with E-state index in [1.54, 1.807) is 18.2 Å². The Hall–Kier alpha value is -2.92. The molecule has 2 N–H and O–H groups in total. The molecule has 0 atom stereocenters. The molecule has 1 heterocycles. The van der Waals surface area contributed by atoms with Crippen molar-refractivity contribution in [1.29, 1.82) is 0 Å². The molecular weight excluding hydrogens is 348 g/mol. The standard InChI is InChI=1S/C20H19ClN4O/c1-12-4-6-18(13(2)8-12)25-20-22-10-15(11-23-20)19(26)24-17-7-5-16(21)9-14(17)3/h4-11H,1-3H3,(H,24,26)(H,22,23,25). The third kappa shape index (κ3) is 4.18. The lowest BCUT2D eigenvalue weighted by atomic mass is 10.1. The predicted octanol–water partition coefficient (Wildman–Crippen LogP) is 5.05. The van der Waals surface area contributed by atoms with E-state index in [0.717, 1.165) is 16.8 Å². The molecule has 1 amide bonds. The molecular formula is C20H19ClN4O. The topological polar surface area (TPSA) is 66.9 Å². The SMILES string of the molecule is Cc1ccc(Nc2ncc(C(=O)Nc3ccc(Cl)cc3C)cn2)c(C)c1. The third-order valence-corrected chi connectivity index (χ3v) is 4.21. The molecule has 0 spiro atoms. The number of anilines is 3. The maximum atomic E-state index is 12.4. The summed E-state index contributed by atoms with van der Waals surface area (Å²) in [4.78, 5) is 20.8. The number of aryl methyl sites for hydroxylation is 3. The Balaban J connectivity index is 1.71. The Bertz CT molecular complexity index is 955. The highest BCUT2D eigenvalue weighted by atomic mass is 35.5. The molecule has 6 heteroatoms. The molecule has 0 saturated heterocycles. The van der Waals surface area contributed by atoms with Gasteiger partial charge in [-0.1, -0.05) is 29.3 Å². The number of carbonyl (C=O) groups is 1. The number of carbonyl (C=O) groups excluding carboxylic acids is 1. The zero-order valence-corrected chi connectivity index (χ0v) is 15.6. The van der Waals surface area contributed by atoms with Crippen molar-refractivity contribution in [2.45, 2.75) is 20.8 Å². The molecule has 5 nitrogen and oxygen atoms in total. The maximum Gasteiger partial charge on any atom is 0.258 e. The van der Waals surface area contributed by atoms with E-state index in [0.29, 0.717) is 22.2 Å². The number of hydrogen-bond donors (Lipinski definition) is 2. The second-order valence-electron chi connectivity index (χ2n) is 6.15. The van der Waals surface area contributed by atoms with Crippen LogP contribution in [0, 0.1) is 20.8 Å². The van der Waals surface area contributed by atoms with Crippen molar-refractivity contribution in [3.8, 4) is 0 Å². The zero-order valence-electron chi connectivity index (χ0n) is 14.8. The minimum atomic E-state index is -0.270. The number of nitrogens with one attached hydrogen (secondary N) is 2. The molecule has 1 aromatic heterocycles. The number of benzene rings is 2. The van der Waals surface area contributed by atoms with Crippen LogP contribution < -0.4 is 10.6 Å². The van der Waals surface area contributed by atoms with Gasteiger partial charge in [0.2, 0.25) is 5.95 Å². The molecule has 2 aromatic carbocycles. The van der Waals surface area contributed by atoms with Crippen LogP contribution in [0.4, 0.5) is 17.3 Å². The number of nitrogens with zero attached hydrogens (tertiary/aromatic N) is 2. The lowest BCUT2D eigenvalue weighted by molar-refractivity contribution is 0.102. The first-order chi connectivity index (χ1) is 12.4. The maximum absolute atomic E-state index is 12.4. The van der Waals surface area contributed by atoms with Gasteiger partial charge in [0.05, 0.1) is 5.56 Å². The molecule has 0 aliphatic carbocycles. The largest absolute Gasteiger partial charge is 0.324 e. The summed E-state index contributed by atoms with van der Waals surface area (Å²) in [5.74, 6) is 0.171. The van der Waals surface area contributed by atoms with Gasteiger partial charge in [0.25, 0.3) is 5.91 Å². The Morgan fingerprint density at radius 1 is 0.923 bits per heavy atom. The summed E-state index contributed by atoms with van der Waals surface area (Å²) < 4.78 is 0. The van der Waals surface area contributed by atoms with Crippen LogP contribution in [0.15, 0.2) is 48.8 Å². The van der Waals surface area contributed by atoms with Crippen LogP contribution in [0.1, 0.15) is 27.0 Å². The molecule has 132 valence electrons. The van der Waals surface area contributed by atoms with Crippen LogP contribution in [0.25, 0.3) is 0 Å². The predicted molar refractivity (Wildman–Crippen MR) is 105 cm³/mol. The Morgan fingerprint density at radius 3 is 2.23 bits per heavy atom. The number of hydrogen-bond acceptors (Lipinski definition) is 4. The molecule has 0 radical (unpaired) electrons. The number of halogens is 1. The highest BCUT2D eigenvalue weighted by Crippen LogP contribution is 2.21. The summed E-state index contributed by atoms with van der Waals surface area (Å²) in [6.45, 7) is 5.95. The molecule has 0 saturated carbocycles. The first-order valence-corrected chi connectivity index (χ1v) is 8.54. The van der Waals surface area contributed by atoms with E-state index in [2.05, 4.69) is 26.7 Å². The van der Waals surface area contributed by atoms with Crippen LogP contribution >= 0.6 is 11.6 Å². The molecule has 26 heavy (non-hydrogen) atoms. The van der Waals surface area contributed by atoms with E-state index in [4.69, 9.17) is 11.6 Å². The highest BCUT2D eigenvalue weighted by Gasteiger charge is 2.10. The number of aromatic nitrogens is 2. The van der Waals surface area contributed by atoms with Crippen LogP contribution in [0.3, 0.4) is 0 Å². The summed E-state index contributed by atoms with van der Waals surface area (Å²) in [6.07, 6.45) is 3.00. The first-order valence-electron chi connectivity index (χ1n) is 8.16. The van der Waals surface area contributed by atoms with Crippen molar-refractivity contribution >= 4 is 34.8 Å². The van der Waals surface area contributed by atoms with Crippen molar-refractivity contribution in [3.63, 3.8) is 0 Å². The van der Waals surface area contributed by atoms with Gasteiger partial charge in [-0.2, -0.15) is 0 Å². The number of rotatable bonds is 4. The molecule has 0 unspecified atom stereocenters. The molecule has 0 aliphatic rings. The van der Waals surface area contributed by atoms with E-state index in [-0.39, 0.29) is 5.91 Å². The summed E-state index contributed by atoms with van der Waals surface area (Å²) >= 11 is 5.93. The fraction of sp³-hybridized carbons (Fsp3) is 0.150. The van der Waals surface area contributed by atoms with Crippen LogP contribution in [-0.4, -0.2) is 15.9 Å². The average Bonchev–Trinajstić information content (AvgIpc) is 2.60. The second kappa shape index (κ2) is 7.54. The molecule has 0 fully saturated rings. The summed E-state index contributed by atoms with van der Waals surface area (Å²) in [5, 5.41) is 6.63. The van der Waals surface area contributed by atoms with E-state index in [1.165, 1.54) is 18.0 Å². The fourth-order valence-corrected chi connectivity index (χ4v) is 2.77. The average molecular weight is 367 g/mol. The van der Waals surface area contributed by atoms with Gasteiger partial charge in [0.15, 0.2) is 0 Å². The van der Waals surface area contributed by atoms with Crippen molar-refractivity contribution < 1.29 is 4.79 Å². The van der Waals surface area contributed by atoms with Crippen molar-refractivity contribution in [2.24, 2.45) is 0 Å². The van der Waals surface area contributed by atoms with Crippen molar-refractivity contribution in [1.82, 2.24) is 9.97 Å². The minimum absolute atomic E-state index is 0.270. The van der Waals surface area contributed by atoms with Gasteiger partial charge in [-0.15, -0.1) is 0 Å². The zero-order chi connectivity index (χ0) is 18.7. The highest BCUT2D eigenvalue weighted by molar-refractivity contribution is 6.30. The third-order valence-electron chi connectivity index (χ3n) is 3.98. The van der Waals surface area contributed by atoms with Crippen LogP contribution in [0.2, 0.25) is 5.02 Å². The van der Waals surface area contributed by atoms with Gasteiger partial charge in [0, 0.05) is 28.8 Å². The van der Waals surface area contributed by atoms with E-state index in [9.17, 15) is 4.79 Å². The number of amides is 1. The van der Waals surface area contributed by atoms with Gasteiger partial charge < -0.3 is 10.6 Å². The van der Waals surface area contributed by atoms with Gasteiger partial charge in [0.1, 0.15) is 0 Å². The molecule has 3 aromatic rings. The van der Waals surface area contributed by atoms with E-state index >= 15 is 0 Å². The lowest BCUT2D eigenvalue weighted by Crippen LogP contribution is -2.14. The molecule has 0 aliphatic heterocycles. The van der Waals surface area contributed by atoms with E-state index in [1.807, 2.05) is 32.9 Å². The van der Waals surface area contributed by atoms with Crippen molar-refractivity contribution in [3.05, 3.63) is 76.1 Å². The Labute approximate surface area is 157 Å². The fourth-order valence-electron chi connectivity index (χ4n) is 2.55. The quantitative estimate of drug-likeness (QED) is 0.678. The smallest absolute Gasteiger partial charge is 0.258 e. The van der Waals surface area contributed by atoms with Gasteiger partial charge in [-0.25, -0.2) is 9.97 Å². The van der Waals surface area contributed by atoms with E-state index < -0.39 is 0 Å². The molecule has 3 rings (SSSR count). The first kappa shape index (κ1) is 17.9. The van der Waals surface area contributed by atoms with Crippen LogP contribution in [0.5, 0.6) is 0 Å². The lowest BCUT2D eigenvalue weighted by Gasteiger charge is -2.10. The van der Waals surface area contributed by atoms with Gasteiger partial charge in [-0.05, 0) is 56.2 Å². The van der Waals surface area contributed by atoms with Crippen molar-refractivity contribution in [2.75, 3.05) is 10.6 Å². The molecule has 0 bridgehead atoms. The normalized spacial score (nSPS) is 10.5. The summed E-state index contributed by atoms with van der Waals surface area (Å²) in [6, 6.07) is 11.4. The Kier molecular flexibility index (Phi) is 5.19. The summed E-state index contributed by atoms with van der Waals surface area (Å²) in [7, 11) is 0. The van der Waals surface area contributed by atoms with Gasteiger partial charge >= 0.3 is 0 Å². The minimum Gasteiger partial charge on any atom is -0.324 e. The summed E-state index contributed by atoms with van der Waals surface area (Å²) in [5.41, 5.74) is 5.21. The second-order valence-corrected chi connectivity index (χ2v) is 6.59. The van der Waals surface area contributed by atoms with Crippen LogP contribution in [-0.2, 0) is 0 Å². The monoisotopic (exact) mass is 366 g/mol. The Morgan fingerprint density at radius 2 is 1.58 bits per heavy atom.